The van der Waals surface area contributed by atoms with Crippen molar-refractivity contribution in [2.45, 2.75) is 78.9 Å². The summed E-state index contributed by atoms with van der Waals surface area (Å²) in [5.41, 5.74) is -1.36. The van der Waals surface area contributed by atoms with Gasteiger partial charge in [0.1, 0.15) is 0 Å². The Kier molecular flexibility index (Phi) is 4.16. The van der Waals surface area contributed by atoms with Gasteiger partial charge in [-0.25, -0.2) is 0 Å². The van der Waals surface area contributed by atoms with E-state index in [2.05, 4.69) is 19.2 Å². The molecule has 0 radical (unpaired) electrons. The normalized spacial score (nSPS) is 21.7. The van der Waals surface area contributed by atoms with Crippen molar-refractivity contribution in [3.05, 3.63) is 0 Å². The number of hydrogen-bond acceptors (Lipinski definition) is 2. The number of carbonyl (C=O) groups excluding carboxylic acids is 1. The minimum atomic E-state index is -1.01. The van der Waals surface area contributed by atoms with Crippen LogP contribution in [0.2, 0.25) is 0 Å². The lowest BCUT2D eigenvalue weighted by atomic mass is 9.74. The van der Waals surface area contributed by atoms with Crippen LogP contribution in [0, 0.1) is 10.8 Å². The van der Waals surface area contributed by atoms with E-state index in [4.69, 9.17) is 0 Å². The second kappa shape index (κ2) is 4.84. The first kappa shape index (κ1) is 15.5. The van der Waals surface area contributed by atoms with Gasteiger partial charge in [0.05, 0.1) is 11.0 Å². The summed E-state index contributed by atoms with van der Waals surface area (Å²) in [7, 11) is 0. The summed E-state index contributed by atoms with van der Waals surface area (Å²) in [5.74, 6) is -0.0419. The molecule has 0 aromatic heterocycles. The van der Waals surface area contributed by atoms with E-state index in [0.717, 1.165) is 25.7 Å². The van der Waals surface area contributed by atoms with Crippen molar-refractivity contribution in [1.82, 2.24) is 5.32 Å². The topological polar surface area (TPSA) is 49.3 Å². The number of hydrogen-bond donors (Lipinski definition) is 2. The zero-order valence-electron chi connectivity index (χ0n) is 12.8. The quantitative estimate of drug-likeness (QED) is 0.814. The fourth-order valence-electron chi connectivity index (χ4n) is 2.19. The van der Waals surface area contributed by atoms with Crippen molar-refractivity contribution < 1.29 is 9.90 Å². The maximum atomic E-state index is 12.3. The fraction of sp³-hybridized carbons (Fsp3) is 0.933. The second-order valence-electron chi connectivity index (χ2n) is 7.60. The monoisotopic (exact) mass is 255 g/mol. The molecule has 0 aromatic carbocycles. The van der Waals surface area contributed by atoms with Crippen LogP contribution in [0.3, 0.4) is 0 Å². The van der Waals surface area contributed by atoms with E-state index in [1.807, 2.05) is 0 Å². The lowest BCUT2D eigenvalue weighted by Crippen LogP contribution is -2.53. The van der Waals surface area contributed by atoms with E-state index in [0.29, 0.717) is 5.41 Å². The molecule has 1 saturated carbocycles. The van der Waals surface area contributed by atoms with Crippen LogP contribution in [-0.2, 0) is 4.79 Å². The zero-order chi connectivity index (χ0) is 14.2. The number of nitrogens with one attached hydrogen (secondary N) is 1. The van der Waals surface area contributed by atoms with Crippen molar-refractivity contribution in [3.63, 3.8) is 0 Å². The van der Waals surface area contributed by atoms with E-state index < -0.39 is 11.0 Å². The third kappa shape index (κ3) is 3.47. The molecule has 1 rings (SSSR count). The standard InChI is InChI=1S/C15H29NO2/c1-13(2)9-7-11(8-10-13)16-12(17)14(3,4)15(5,6)18/h11,18H,7-10H2,1-6H3,(H,16,17). The number of aliphatic hydroxyl groups is 1. The summed E-state index contributed by atoms with van der Waals surface area (Å²) < 4.78 is 0. The van der Waals surface area contributed by atoms with Gasteiger partial charge in [0.15, 0.2) is 0 Å². The van der Waals surface area contributed by atoms with Crippen LogP contribution in [0.5, 0.6) is 0 Å². The molecule has 0 spiro atoms. The molecule has 0 aliphatic heterocycles. The lowest BCUT2D eigenvalue weighted by Gasteiger charge is -2.39. The Morgan fingerprint density at radius 2 is 1.61 bits per heavy atom. The van der Waals surface area contributed by atoms with Crippen LogP contribution in [0.25, 0.3) is 0 Å². The average molecular weight is 255 g/mol. The van der Waals surface area contributed by atoms with E-state index in [-0.39, 0.29) is 11.9 Å². The highest BCUT2D eigenvalue weighted by atomic mass is 16.3. The predicted molar refractivity (Wildman–Crippen MR) is 74.3 cm³/mol. The van der Waals surface area contributed by atoms with Gasteiger partial charge < -0.3 is 10.4 Å². The largest absolute Gasteiger partial charge is 0.389 e. The average Bonchev–Trinajstić information content (AvgIpc) is 2.19. The summed E-state index contributed by atoms with van der Waals surface area (Å²) in [4.78, 5) is 12.3. The molecule has 0 unspecified atom stereocenters. The van der Waals surface area contributed by atoms with E-state index in [1.54, 1.807) is 27.7 Å². The minimum Gasteiger partial charge on any atom is -0.389 e. The fourth-order valence-corrected chi connectivity index (χ4v) is 2.19. The molecule has 0 atom stereocenters. The zero-order valence-corrected chi connectivity index (χ0v) is 12.8. The van der Waals surface area contributed by atoms with Gasteiger partial charge in [-0.15, -0.1) is 0 Å². The molecule has 3 nitrogen and oxygen atoms in total. The van der Waals surface area contributed by atoms with Crippen molar-refractivity contribution in [3.8, 4) is 0 Å². The molecule has 1 aliphatic rings. The van der Waals surface area contributed by atoms with Gasteiger partial charge in [0.25, 0.3) is 0 Å². The van der Waals surface area contributed by atoms with E-state index >= 15 is 0 Å². The molecule has 1 amide bonds. The molecule has 0 aromatic rings. The molecular weight excluding hydrogens is 226 g/mol. The molecular formula is C15H29NO2. The summed E-state index contributed by atoms with van der Waals surface area (Å²) in [5, 5.41) is 13.2. The second-order valence-corrected chi connectivity index (χ2v) is 7.60. The number of rotatable bonds is 3. The van der Waals surface area contributed by atoms with Crippen LogP contribution in [0.15, 0.2) is 0 Å². The van der Waals surface area contributed by atoms with Gasteiger partial charge in [-0.1, -0.05) is 13.8 Å². The number of amides is 1. The molecule has 3 heteroatoms. The first-order valence-electron chi connectivity index (χ1n) is 6.99. The third-order valence-electron chi connectivity index (χ3n) is 4.77. The lowest BCUT2D eigenvalue weighted by molar-refractivity contribution is -0.143. The van der Waals surface area contributed by atoms with Gasteiger partial charge in [0.2, 0.25) is 5.91 Å². The van der Waals surface area contributed by atoms with Crippen LogP contribution in [0.1, 0.15) is 67.2 Å². The maximum Gasteiger partial charge on any atom is 0.228 e. The number of carbonyl (C=O) groups is 1. The summed E-state index contributed by atoms with van der Waals surface area (Å²) in [6.07, 6.45) is 4.39. The Bertz CT molecular complexity index is 303. The Morgan fingerprint density at radius 3 is 2.00 bits per heavy atom. The Hall–Kier alpha value is -0.570. The molecule has 1 aliphatic carbocycles. The summed E-state index contributed by atoms with van der Waals surface area (Å²) in [6, 6.07) is 0.271. The van der Waals surface area contributed by atoms with Gasteiger partial charge in [-0.2, -0.15) is 0 Å². The van der Waals surface area contributed by atoms with Crippen molar-refractivity contribution in [2.24, 2.45) is 10.8 Å². The highest BCUT2D eigenvalue weighted by Crippen LogP contribution is 2.36. The van der Waals surface area contributed by atoms with Gasteiger partial charge in [-0.05, 0) is 58.8 Å². The Morgan fingerprint density at radius 1 is 1.17 bits per heavy atom. The third-order valence-corrected chi connectivity index (χ3v) is 4.77. The molecule has 0 saturated heterocycles. The van der Waals surface area contributed by atoms with Crippen molar-refractivity contribution in [1.29, 1.82) is 0 Å². The first-order chi connectivity index (χ1) is 7.96. The molecule has 106 valence electrons. The van der Waals surface area contributed by atoms with E-state index in [1.165, 1.54) is 0 Å². The molecule has 18 heavy (non-hydrogen) atoms. The van der Waals surface area contributed by atoms with Crippen molar-refractivity contribution >= 4 is 5.91 Å². The SMILES string of the molecule is CC1(C)CCC(NC(=O)C(C)(C)C(C)(C)O)CC1. The molecule has 1 fully saturated rings. The van der Waals surface area contributed by atoms with Gasteiger partial charge in [-0.3, -0.25) is 4.79 Å². The van der Waals surface area contributed by atoms with Crippen LogP contribution in [0.4, 0.5) is 0 Å². The summed E-state index contributed by atoms with van der Waals surface area (Å²) in [6.45, 7) is 11.6. The van der Waals surface area contributed by atoms with Crippen molar-refractivity contribution in [2.75, 3.05) is 0 Å². The van der Waals surface area contributed by atoms with Gasteiger partial charge in [0, 0.05) is 6.04 Å². The minimum absolute atomic E-state index is 0.0419. The molecule has 0 heterocycles. The van der Waals surface area contributed by atoms with Crippen LogP contribution < -0.4 is 5.32 Å². The Labute approximate surface area is 111 Å². The highest BCUT2D eigenvalue weighted by Gasteiger charge is 2.42. The predicted octanol–water partition coefficient (Wildman–Crippen LogP) is 2.87. The maximum absolute atomic E-state index is 12.3. The highest BCUT2D eigenvalue weighted by molar-refractivity contribution is 5.83. The molecule has 2 N–H and O–H groups in total. The summed E-state index contributed by atoms with van der Waals surface area (Å²) >= 11 is 0. The van der Waals surface area contributed by atoms with Crippen LogP contribution >= 0.6 is 0 Å². The van der Waals surface area contributed by atoms with E-state index in [9.17, 15) is 9.90 Å². The molecule has 0 bridgehead atoms. The smallest absolute Gasteiger partial charge is 0.228 e. The van der Waals surface area contributed by atoms with Crippen LogP contribution in [-0.4, -0.2) is 22.7 Å². The Balaban J connectivity index is 2.57. The van der Waals surface area contributed by atoms with Gasteiger partial charge >= 0.3 is 0 Å². The first-order valence-corrected chi connectivity index (χ1v) is 6.99.